The van der Waals surface area contributed by atoms with E-state index in [0.29, 0.717) is 5.69 Å². The summed E-state index contributed by atoms with van der Waals surface area (Å²) in [5, 5.41) is 4.06. The number of carbonyl (C=O) groups excluding carboxylic acids is 1. The van der Waals surface area contributed by atoms with Crippen LogP contribution in [-0.2, 0) is 11.0 Å². The summed E-state index contributed by atoms with van der Waals surface area (Å²) < 4.78 is 39.1. The quantitative estimate of drug-likeness (QED) is 0.876. The Kier molecular flexibility index (Phi) is 4.69. The molecular formula is C14H15F3N4O2. The lowest BCUT2D eigenvalue weighted by Gasteiger charge is -2.12. The molecule has 0 radical (unpaired) electrons. The summed E-state index contributed by atoms with van der Waals surface area (Å²) in [6.07, 6.45) is -2.40. The van der Waals surface area contributed by atoms with Gasteiger partial charge in [0.15, 0.2) is 5.82 Å². The molecule has 2 heterocycles. The van der Waals surface area contributed by atoms with Crippen LogP contribution in [0.25, 0.3) is 5.82 Å². The van der Waals surface area contributed by atoms with Crippen molar-refractivity contribution >= 4 is 5.91 Å². The van der Waals surface area contributed by atoms with Crippen LogP contribution < -0.4 is 5.48 Å². The van der Waals surface area contributed by atoms with Crippen molar-refractivity contribution in [1.29, 1.82) is 0 Å². The highest BCUT2D eigenvalue weighted by atomic mass is 19.4. The lowest BCUT2D eigenvalue weighted by Crippen LogP contribution is -2.23. The Bertz CT molecular complexity index is 693. The number of amides is 1. The summed E-state index contributed by atoms with van der Waals surface area (Å²) in [5.74, 6) is -0.410. The molecule has 0 unspecified atom stereocenters. The van der Waals surface area contributed by atoms with Gasteiger partial charge in [-0.1, -0.05) is 13.8 Å². The standard InChI is InChI=1S/C14H15F3N4O2/c1-8(2)12-10(13(22)20-23-3)7-19-21(12)11-5-4-9(6-18-11)14(15,16)17/h4-8H,1-3H3,(H,20,22). The van der Waals surface area contributed by atoms with E-state index >= 15 is 0 Å². The fourth-order valence-corrected chi connectivity index (χ4v) is 2.10. The number of halogens is 3. The van der Waals surface area contributed by atoms with Gasteiger partial charge in [0.25, 0.3) is 5.91 Å². The minimum Gasteiger partial charge on any atom is -0.277 e. The van der Waals surface area contributed by atoms with Crippen molar-refractivity contribution in [1.82, 2.24) is 20.2 Å². The molecule has 0 atom stereocenters. The second-order valence-electron chi connectivity index (χ2n) is 5.05. The largest absolute Gasteiger partial charge is 0.417 e. The van der Waals surface area contributed by atoms with Crippen molar-refractivity contribution in [2.75, 3.05) is 7.11 Å². The number of aromatic nitrogens is 3. The fourth-order valence-electron chi connectivity index (χ4n) is 2.10. The molecule has 1 N–H and O–H groups in total. The van der Waals surface area contributed by atoms with Crippen LogP contribution >= 0.6 is 0 Å². The number of nitrogens with zero attached hydrogens (tertiary/aromatic N) is 3. The molecule has 0 spiro atoms. The molecule has 1 amide bonds. The zero-order valence-electron chi connectivity index (χ0n) is 12.7. The molecule has 124 valence electrons. The molecule has 0 aliphatic rings. The van der Waals surface area contributed by atoms with Crippen molar-refractivity contribution in [2.24, 2.45) is 0 Å². The molecule has 2 aromatic rings. The first-order valence-corrected chi connectivity index (χ1v) is 6.70. The normalized spacial score (nSPS) is 11.8. The van der Waals surface area contributed by atoms with Gasteiger partial charge in [-0.3, -0.25) is 9.63 Å². The van der Waals surface area contributed by atoms with Crippen LogP contribution in [0.15, 0.2) is 24.5 Å². The van der Waals surface area contributed by atoms with E-state index in [2.05, 4.69) is 20.4 Å². The van der Waals surface area contributed by atoms with E-state index in [9.17, 15) is 18.0 Å². The van der Waals surface area contributed by atoms with E-state index in [1.807, 2.05) is 13.8 Å². The third-order valence-electron chi connectivity index (χ3n) is 3.08. The Morgan fingerprint density at radius 1 is 1.30 bits per heavy atom. The smallest absolute Gasteiger partial charge is 0.277 e. The average molecular weight is 328 g/mol. The monoisotopic (exact) mass is 328 g/mol. The zero-order chi connectivity index (χ0) is 17.2. The molecule has 2 rings (SSSR count). The predicted molar refractivity (Wildman–Crippen MR) is 74.9 cm³/mol. The number of alkyl halides is 3. The van der Waals surface area contributed by atoms with Crippen LogP contribution in [0.3, 0.4) is 0 Å². The number of nitrogens with one attached hydrogen (secondary N) is 1. The fraction of sp³-hybridized carbons (Fsp3) is 0.357. The molecule has 23 heavy (non-hydrogen) atoms. The van der Waals surface area contributed by atoms with Crippen LogP contribution in [-0.4, -0.2) is 27.8 Å². The van der Waals surface area contributed by atoms with E-state index < -0.39 is 17.6 Å². The Balaban J connectivity index is 2.45. The second kappa shape index (κ2) is 6.37. The van der Waals surface area contributed by atoms with Crippen molar-refractivity contribution in [3.63, 3.8) is 0 Å². The SMILES string of the molecule is CONC(=O)c1cnn(-c2ccc(C(F)(F)F)cn2)c1C(C)C. The van der Waals surface area contributed by atoms with E-state index in [1.54, 1.807) is 0 Å². The molecule has 0 bridgehead atoms. The van der Waals surface area contributed by atoms with Crippen LogP contribution in [0.2, 0.25) is 0 Å². The van der Waals surface area contributed by atoms with E-state index in [0.717, 1.165) is 12.3 Å². The number of hydrogen-bond acceptors (Lipinski definition) is 4. The van der Waals surface area contributed by atoms with Crippen molar-refractivity contribution in [3.05, 3.63) is 41.3 Å². The Labute approximate surface area is 130 Å². The molecule has 2 aromatic heterocycles. The molecule has 6 nitrogen and oxygen atoms in total. The first-order valence-electron chi connectivity index (χ1n) is 6.70. The first-order chi connectivity index (χ1) is 10.8. The van der Waals surface area contributed by atoms with E-state index in [1.165, 1.54) is 24.1 Å². The van der Waals surface area contributed by atoms with Crippen molar-refractivity contribution in [2.45, 2.75) is 25.9 Å². The summed E-state index contributed by atoms with van der Waals surface area (Å²) in [6, 6.07) is 2.13. The summed E-state index contributed by atoms with van der Waals surface area (Å²) in [7, 11) is 1.30. The zero-order valence-corrected chi connectivity index (χ0v) is 12.7. The number of hydroxylamine groups is 1. The Morgan fingerprint density at radius 3 is 2.48 bits per heavy atom. The minimum atomic E-state index is -4.46. The van der Waals surface area contributed by atoms with Crippen LogP contribution in [0.4, 0.5) is 13.2 Å². The van der Waals surface area contributed by atoms with Gasteiger partial charge in [-0.25, -0.2) is 15.1 Å². The number of rotatable bonds is 4. The highest BCUT2D eigenvalue weighted by Crippen LogP contribution is 2.29. The number of hydrogen-bond donors (Lipinski definition) is 1. The highest BCUT2D eigenvalue weighted by molar-refractivity contribution is 5.94. The minimum absolute atomic E-state index is 0.112. The van der Waals surface area contributed by atoms with Gasteiger partial charge in [0.1, 0.15) is 0 Å². The van der Waals surface area contributed by atoms with Gasteiger partial charge in [-0.2, -0.15) is 18.3 Å². The topological polar surface area (TPSA) is 69.0 Å². The van der Waals surface area contributed by atoms with E-state index in [4.69, 9.17) is 0 Å². The first kappa shape index (κ1) is 16.9. The lowest BCUT2D eigenvalue weighted by atomic mass is 10.1. The summed E-state index contributed by atoms with van der Waals surface area (Å²) >= 11 is 0. The third-order valence-corrected chi connectivity index (χ3v) is 3.08. The maximum Gasteiger partial charge on any atom is 0.417 e. The Hall–Kier alpha value is -2.42. The van der Waals surface area contributed by atoms with Gasteiger partial charge in [0, 0.05) is 6.20 Å². The van der Waals surface area contributed by atoms with Crippen molar-refractivity contribution in [3.8, 4) is 5.82 Å². The van der Waals surface area contributed by atoms with Gasteiger partial charge in [-0.05, 0) is 18.1 Å². The van der Waals surface area contributed by atoms with E-state index in [-0.39, 0.29) is 17.3 Å². The molecule has 0 saturated heterocycles. The van der Waals surface area contributed by atoms with Crippen LogP contribution in [0.5, 0.6) is 0 Å². The lowest BCUT2D eigenvalue weighted by molar-refractivity contribution is -0.137. The molecule has 0 fully saturated rings. The summed E-state index contributed by atoms with van der Waals surface area (Å²) in [5.41, 5.74) is 2.13. The third kappa shape index (κ3) is 3.50. The molecule has 9 heteroatoms. The van der Waals surface area contributed by atoms with Crippen molar-refractivity contribution < 1.29 is 22.8 Å². The summed E-state index contributed by atoms with van der Waals surface area (Å²) in [6.45, 7) is 3.67. The maximum absolute atomic E-state index is 12.6. The second-order valence-corrected chi connectivity index (χ2v) is 5.05. The van der Waals surface area contributed by atoms with Gasteiger partial charge < -0.3 is 0 Å². The maximum atomic E-state index is 12.6. The molecular weight excluding hydrogens is 313 g/mol. The Morgan fingerprint density at radius 2 is 2.00 bits per heavy atom. The molecule has 0 aliphatic carbocycles. The molecule has 0 aromatic carbocycles. The molecule has 0 saturated carbocycles. The van der Waals surface area contributed by atoms with Gasteiger partial charge in [0.05, 0.1) is 30.1 Å². The molecule has 0 aliphatic heterocycles. The van der Waals surface area contributed by atoms with Gasteiger partial charge >= 0.3 is 6.18 Å². The average Bonchev–Trinajstić information content (AvgIpc) is 2.92. The summed E-state index contributed by atoms with van der Waals surface area (Å²) in [4.78, 5) is 20.3. The van der Waals surface area contributed by atoms with Crippen LogP contribution in [0, 0.1) is 0 Å². The van der Waals surface area contributed by atoms with Gasteiger partial charge in [0.2, 0.25) is 0 Å². The van der Waals surface area contributed by atoms with Gasteiger partial charge in [-0.15, -0.1) is 0 Å². The highest BCUT2D eigenvalue weighted by Gasteiger charge is 2.31. The number of pyridine rings is 1. The predicted octanol–water partition coefficient (Wildman–Crippen LogP) is 2.70. The van der Waals surface area contributed by atoms with Crippen LogP contribution in [0.1, 0.15) is 41.4 Å². The number of carbonyl (C=O) groups is 1.